The van der Waals surface area contributed by atoms with Crippen molar-refractivity contribution in [2.24, 2.45) is 0 Å². The summed E-state index contributed by atoms with van der Waals surface area (Å²) < 4.78 is 76.7. The molecule has 1 rings (SSSR count). The molecule has 0 saturated heterocycles. The second-order valence-corrected chi connectivity index (χ2v) is 4.08. The van der Waals surface area contributed by atoms with Gasteiger partial charge in [-0.25, -0.2) is 0 Å². The topological polar surface area (TPSA) is 26.3 Å². The van der Waals surface area contributed by atoms with Crippen LogP contribution in [0.2, 0.25) is 5.02 Å². The first kappa shape index (κ1) is 16.8. The van der Waals surface area contributed by atoms with Gasteiger partial charge in [0.05, 0.1) is 5.02 Å². The van der Waals surface area contributed by atoms with Gasteiger partial charge in [0.25, 0.3) is 0 Å². The van der Waals surface area contributed by atoms with Crippen LogP contribution in [0.4, 0.5) is 26.3 Å². The molecule has 0 aliphatic heterocycles. The zero-order valence-corrected chi connectivity index (χ0v) is 10.3. The van der Waals surface area contributed by atoms with Crippen molar-refractivity contribution in [1.29, 1.82) is 0 Å². The molecule has 0 radical (unpaired) electrons. The van der Waals surface area contributed by atoms with Crippen molar-refractivity contribution in [3.8, 4) is 0 Å². The molecule has 1 aromatic carbocycles. The van der Waals surface area contributed by atoms with Crippen LogP contribution in [0.25, 0.3) is 0 Å². The summed E-state index contributed by atoms with van der Waals surface area (Å²) in [5.74, 6) is -1.07. The van der Waals surface area contributed by atoms with Crippen LogP contribution < -0.4 is 0 Å². The van der Waals surface area contributed by atoms with Crippen LogP contribution in [0.5, 0.6) is 0 Å². The molecule has 0 heterocycles. The second-order valence-electron chi connectivity index (χ2n) is 3.68. The molecule has 9 heteroatoms. The van der Waals surface area contributed by atoms with Gasteiger partial charge in [0, 0.05) is 5.56 Å². The maximum Gasteiger partial charge on any atom is 0.423 e. The fraction of sp³-hybridized carbons (Fsp3) is 0.364. The van der Waals surface area contributed by atoms with Crippen molar-refractivity contribution in [3.63, 3.8) is 0 Å². The Hall–Kier alpha value is -1.28. The van der Waals surface area contributed by atoms with E-state index in [1.807, 2.05) is 0 Å². The van der Waals surface area contributed by atoms with E-state index >= 15 is 0 Å². The summed E-state index contributed by atoms with van der Waals surface area (Å²) >= 11 is 5.59. The molecule has 0 spiro atoms. The number of carbonyl (C=O) groups is 1. The van der Waals surface area contributed by atoms with Crippen LogP contribution in [0, 0.1) is 0 Å². The number of hydrogen-bond donors (Lipinski definition) is 0. The average molecular weight is 321 g/mol. The van der Waals surface area contributed by atoms with E-state index in [9.17, 15) is 31.1 Å². The largest absolute Gasteiger partial charge is 0.423 e. The van der Waals surface area contributed by atoms with Crippen molar-refractivity contribution in [3.05, 3.63) is 34.9 Å². The maximum atomic E-state index is 12.2. The van der Waals surface area contributed by atoms with Crippen molar-refractivity contribution >= 4 is 17.4 Å². The van der Waals surface area contributed by atoms with E-state index in [1.54, 1.807) is 0 Å². The molecule has 112 valence electrons. The molecule has 0 aliphatic carbocycles. The van der Waals surface area contributed by atoms with E-state index in [0.29, 0.717) is 0 Å². The molecular weight excluding hydrogens is 314 g/mol. The molecule has 2 nitrogen and oxygen atoms in total. The highest BCUT2D eigenvalue weighted by Crippen LogP contribution is 2.35. The predicted octanol–water partition coefficient (Wildman–Crippen LogP) is 4.03. The molecule has 0 amide bonds. The van der Waals surface area contributed by atoms with Gasteiger partial charge in [-0.1, -0.05) is 23.7 Å². The van der Waals surface area contributed by atoms with Crippen LogP contribution >= 0.6 is 11.6 Å². The smallest absolute Gasteiger partial charge is 0.353 e. The molecule has 0 N–H and O–H groups in total. The third-order valence-corrected chi connectivity index (χ3v) is 2.48. The van der Waals surface area contributed by atoms with Crippen molar-refractivity contribution in [2.45, 2.75) is 18.5 Å². The Morgan fingerprint density at radius 1 is 1.10 bits per heavy atom. The van der Waals surface area contributed by atoms with E-state index < -0.39 is 30.8 Å². The lowest BCUT2D eigenvalue weighted by Crippen LogP contribution is -2.45. The van der Waals surface area contributed by atoms with Crippen LogP contribution in [-0.4, -0.2) is 30.8 Å². The van der Waals surface area contributed by atoms with Gasteiger partial charge in [-0.05, 0) is 12.1 Å². The maximum absolute atomic E-state index is 12.2. The van der Waals surface area contributed by atoms with Crippen molar-refractivity contribution in [2.75, 3.05) is 6.61 Å². The quantitative estimate of drug-likeness (QED) is 0.618. The fourth-order valence-corrected chi connectivity index (χ4v) is 1.54. The van der Waals surface area contributed by atoms with E-state index in [4.69, 9.17) is 11.6 Å². The summed E-state index contributed by atoms with van der Waals surface area (Å²) in [6.45, 7) is -1.38. The number of rotatable bonds is 4. The second kappa shape index (κ2) is 6.01. The Balaban J connectivity index is 2.79. The monoisotopic (exact) mass is 320 g/mol. The van der Waals surface area contributed by atoms with Gasteiger partial charge in [-0.15, -0.1) is 0 Å². The van der Waals surface area contributed by atoms with Crippen LogP contribution in [0.3, 0.4) is 0 Å². The molecular formula is C11H7ClF6O2. The molecule has 0 aromatic heterocycles. The zero-order valence-electron chi connectivity index (χ0n) is 9.56. The summed E-state index contributed by atoms with van der Waals surface area (Å²) in [5.41, 5.74) is -0.211. The molecule has 0 saturated carbocycles. The van der Waals surface area contributed by atoms with Gasteiger partial charge >= 0.3 is 12.4 Å². The van der Waals surface area contributed by atoms with Crippen molar-refractivity contribution in [1.82, 2.24) is 0 Å². The lowest BCUT2D eigenvalue weighted by molar-refractivity contribution is -0.318. The van der Waals surface area contributed by atoms with E-state index in [2.05, 4.69) is 4.74 Å². The van der Waals surface area contributed by atoms with Crippen LogP contribution in [0.1, 0.15) is 10.4 Å². The van der Waals surface area contributed by atoms with E-state index in [-0.39, 0.29) is 10.6 Å². The Morgan fingerprint density at radius 3 is 2.05 bits per heavy atom. The molecule has 20 heavy (non-hydrogen) atoms. The molecule has 1 aromatic rings. The molecule has 0 bridgehead atoms. The third-order valence-electron chi connectivity index (χ3n) is 2.15. The van der Waals surface area contributed by atoms with Crippen molar-refractivity contribution < 1.29 is 35.9 Å². The Labute approximate surface area is 114 Å². The Bertz CT molecular complexity index is 469. The molecule has 0 fully saturated rings. The number of ether oxygens (including phenoxy) is 1. The molecule has 0 aliphatic rings. The number of benzene rings is 1. The lowest BCUT2D eigenvalue weighted by Gasteiger charge is -2.22. The Morgan fingerprint density at radius 2 is 1.60 bits per heavy atom. The number of Topliss-reactive ketones (excluding diaryl/α,β-unsaturated/α-hetero) is 1. The van der Waals surface area contributed by atoms with E-state index in [0.717, 1.165) is 0 Å². The minimum Gasteiger partial charge on any atom is -0.353 e. The van der Waals surface area contributed by atoms with Gasteiger partial charge in [0.2, 0.25) is 6.10 Å². The first-order valence-corrected chi connectivity index (χ1v) is 5.44. The van der Waals surface area contributed by atoms with Crippen LogP contribution in [-0.2, 0) is 4.74 Å². The van der Waals surface area contributed by atoms with E-state index in [1.165, 1.54) is 24.3 Å². The highest BCUT2D eigenvalue weighted by Gasteiger charge is 2.58. The highest BCUT2D eigenvalue weighted by atomic mass is 35.5. The zero-order chi connectivity index (χ0) is 15.6. The number of halogens is 7. The summed E-state index contributed by atoms with van der Waals surface area (Å²) in [5, 5.41) is -0.0864. The summed E-state index contributed by atoms with van der Waals surface area (Å²) in [6.07, 6.45) is -15.3. The summed E-state index contributed by atoms with van der Waals surface area (Å²) in [7, 11) is 0. The van der Waals surface area contributed by atoms with Gasteiger partial charge < -0.3 is 4.74 Å². The number of carbonyl (C=O) groups excluding carboxylic acids is 1. The third kappa shape index (κ3) is 4.38. The predicted molar refractivity (Wildman–Crippen MR) is 57.6 cm³/mol. The number of alkyl halides is 6. The standard InChI is InChI=1S/C11H7ClF6O2/c12-7-4-2-1-3-6(7)8(19)5-20-9(10(13,14)15)11(16,17)18/h1-4,9H,5H2. The lowest BCUT2D eigenvalue weighted by atomic mass is 10.1. The number of hydrogen-bond acceptors (Lipinski definition) is 2. The van der Waals surface area contributed by atoms with Gasteiger partial charge in [-0.3, -0.25) is 4.79 Å². The van der Waals surface area contributed by atoms with Gasteiger partial charge in [0.1, 0.15) is 6.61 Å². The minimum atomic E-state index is -5.65. The molecule has 0 unspecified atom stereocenters. The fourth-order valence-electron chi connectivity index (χ4n) is 1.30. The SMILES string of the molecule is O=C(COC(C(F)(F)F)C(F)(F)F)c1ccccc1Cl. The molecule has 0 atom stereocenters. The first-order chi connectivity index (χ1) is 9.03. The summed E-state index contributed by atoms with van der Waals surface area (Å²) in [6, 6.07) is 5.27. The van der Waals surface area contributed by atoms with Gasteiger partial charge in [-0.2, -0.15) is 26.3 Å². The Kier molecular flexibility index (Phi) is 5.04. The number of ketones is 1. The average Bonchev–Trinajstić information content (AvgIpc) is 2.25. The van der Waals surface area contributed by atoms with Gasteiger partial charge in [0.15, 0.2) is 5.78 Å². The normalized spacial score (nSPS) is 12.8. The summed E-state index contributed by atoms with van der Waals surface area (Å²) in [4.78, 5) is 11.5. The first-order valence-electron chi connectivity index (χ1n) is 5.06. The highest BCUT2D eigenvalue weighted by molar-refractivity contribution is 6.34. The van der Waals surface area contributed by atoms with Crippen LogP contribution in [0.15, 0.2) is 24.3 Å². The minimum absolute atomic E-state index is 0.0864.